The van der Waals surface area contributed by atoms with Crippen LogP contribution in [0.2, 0.25) is 0 Å². The summed E-state index contributed by atoms with van der Waals surface area (Å²) >= 11 is 1.54. The summed E-state index contributed by atoms with van der Waals surface area (Å²) in [5, 5.41) is 3.86. The van der Waals surface area contributed by atoms with Gasteiger partial charge in [0.25, 0.3) is 11.8 Å². The molecule has 4 aromatic rings. The summed E-state index contributed by atoms with van der Waals surface area (Å²) in [7, 11) is 1.92. The molecule has 0 N–H and O–H groups in total. The molecule has 184 valence electrons. The summed E-state index contributed by atoms with van der Waals surface area (Å²) < 4.78 is 1.92. The molecule has 3 heterocycles. The van der Waals surface area contributed by atoms with E-state index in [1.54, 1.807) is 23.9 Å². The van der Waals surface area contributed by atoms with Crippen molar-refractivity contribution < 1.29 is 9.59 Å². The van der Waals surface area contributed by atoms with Crippen molar-refractivity contribution >= 4 is 23.2 Å². The Morgan fingerprint density at radius 3 is 2.42 bits per heavy atom. The Bertz CT molecular complexity index is 1260. The highest BCUT2D eigenvalue weighted by atomic mass is 32.1. The average Bonchev–Trinajstić information content (AvgIpc) is 3.67. The Morgan fingerprint density at radius 1 is 1.03 bits per heavy atom. The number of imidazole rings is 1. The Hall–Kier alpha value is -3.71. The minimum absolute atomic E-state index is 0.0629. The summed E-state index contributed by atoms with van der Waals surface area (Å²) in [5.41, 5.74) is 3.64. The fourth-order valence-electron chi connectivity index (χ4n) is 5.07. The monoisotopic (exact) mass is 498 g/mol. The summed E-state index contributed by atoms with van der Waals surface area (Å²) in [5.74, 6) is 0.451. The van der Waals surface area contributed by atoms with Crippen molar-refractivity contribution in [3.63, 3.8) is 0 Å². The Morgan fingerprint density at radius 2 is 1.78 bits per heavy atom. The van der Waals surface area contributed by atoms with Crippen LogP contribution in [0.25, 0.3) is 5.69 Å². The van der Waals surface area contributed by atoms with Crippen LogP contribution in [0.1, 0.15) is 39.1 Å². The van der Waals surface area contributed by atoms with Crippen molar-refractivity contribution in [1.29, 1.82) is 0 Å². The molecule has 2 aromatic heterocycles. The third kappa shape index (κ3) is 5.26. The number of thiophene rings is 1. The van der Waals surface area contributed by atoms with Crippen molar-refractivity contribution in [1.82, 2.24) is 19.4 Å². The maximum Gasteiger partial charge on any atom is 0.254 e. The van der Waals surface area contributed by atoms with Gasteiger partial charge in [0.2, 0.25) is 0 Å². The van der Waals surface area contributed by atoms with E-state index in [-0.39, 0.29) is 17.9 Å². The molecule has 0 aliphatic carbocycles. The highest BCUT2D eigenvalue weighted by molar-refractivity contribution is 7.08. The van der Waals surface area contributed by atoms with Crippen LogP contribution in [0.15, 0.2) is 90.1 Å². The number of nitrogens with zero attached hydrogens (tertiary/aromatic N) is 4. The van der Waals surface area contributed by atoms with E-state index in [1.807, 2.05) is 86.9 Å². The fourth-order valence-corrected chi connectivity index (χ4v) is 5.70. The molecule has 1 fully saturated rings. The van der Waals surface area contributed by atoms with Crippen molar-refractivity contribution in [2.24, 2.45) is 5.92 Å². The fraction of sp³-hybridized carbons (Fsp3) is 0.276. The van der Waals surface area contributed by atoms with Crippen molar-refractivity contribution in [2.45, 2.75) is 25.3 Å². The lowest BCUT2D eigenvalue weighted by molar-refractivity contribution is 0.0522. The summed E-state index contributed by atoms with van der Waals surface area (Å²) in [6.45, 7) is 1.39. The topological polar surface area (TPSA) is 58.4 Å². The van der Waals surface area contributed by atoms with Crippen LogP contribution in [0, 0.1) is 5.92 Å². The number of carbonyl (C=O) groups is 2. The number of carbonyl (C=O) groups excluding carboxylic acids is 2. The third-order valence-electron chi connectivity index (χ3n) is 7.16. The molecule has 1 unspecified atom stereocenters. The first kappa shape index (κ1) is 24.0. The van der Waals surface area contributed by atoms with Crippen LogP contribution in [0.3, 0.4) is 0 Å². The number of rotatable bonds is 7. The first-order chi connectivity index (χ1) is 17.6. The lowest BCUT2D eigenvalue weighted by Gasteiger charge is -2.40. The van der Waals surface area contributed by atoms with Crippen molar-refractivity contribution in [3.05, 3.63) is 107 Å². The van der Waals surface area contributed by atoms with E-state index in [4.69, 9.17) is 0 Å². The number of likely N-dealkylation sites (tertiary alicyclic amines) is 1. The molecular weight excluding hydrogens is 468 g/mol. The Labute approximate surface area is 215 Å². The Kier molecular flexibility index (Phi) is 7.28. The molecular formula is C29H30N4O2S. The van der Waals surface area contributed by atoms with Gasteiger partial charge in [0.05, 0.1) is 11.9 Å². The van der Waals surface area contributed by atoms with Crippen LogP contribution in [-0.2, 0) is 6.42 Å². The van der Waals surface area contributed by atoms with Gasteiger partial charge in [0.15, 0.2) is 0 Å². The number of amides is 2. The second-order valence-corrected chi connectivity index (χ2v) is 10.1. The molecule has 36 heavy (non-hydrogen) atoms. The van der Waals surface area contributed by atoms with E-state index in [1.165, 1.54) is 5.56 Å². The minimum Gasteiger partial charge on any atom is -0.339 e. The molecule has 0 bridgehead atoms. The standard InChI is InChI=1S/C29H30N4O2S/c1-31(28(34)25-13-18-36-20-25)27(19-22-5-3-2-4-6-22)23-11-15-32(16-12-23)29(35)24-7-9-26(10-8-24)33-17-14-30-21-33/h2-10,13-14,17-18,20-21,23,27H,11-12,15-16,19H2,1H3. The van der Waals surface area contributed by atoms with Gasteiger partial charge < -0.3 is 14.4 Å². The maximum absolute atomic E-state index is 13.2. The van der Waals surface area contributed by atoms with Gasteiger partial charge in [0, 0.05) is 55.2 Å². The van der Waals surface area contributed by atoms with Gasteiger partial charge in [-0.15, -0.1) is 0 Å². The number of hydrogen-bond donors (Lipinski definition) is 0. The average molecular weight is 499 g/mol. The summed E-state index contributed by atoms with van der Waals surface area (Å²) in [6.07, 6.45) is 7.91. The largest absolute Gasteiger partial charge is 0.339 e. The molecule has 1 atom stereocenters. The second kappa shape index (κ2) is 10.9. The highest BCUT2D eigenvalue weighted by Gasteiger charge is 2.33. The van der Waals surface area contributed by atoms with Gasteiger partial charge in [-0.3, -0.25) is 9.59 Å². The first-order valence-corrected chi connectivity index (χ1v) is 13.3. The van der Waals surface area contributed by atoms with Gasteiger partial charge in [-0.25, -0.2) is 4.98 Å². The zero-order valence-electron chi connectivity index (χ0n) is 20.4. The number of benzene rings is 2. The van der Waals surface area contributed by atoms with E-state index in [0.29, 0.717) is 24.6 Å². The Balaban J connectivity index is 1.26. The van der Waals surface area contributed by atoms with Gasteiger partial charge in [0.1, 0.15) is 0 Å². The van der Waals surface area contributed by atoms with Gasteiger partial charge in [-0.1, -0.05) is 30.3 Å². The number of aromatic nitrogens is 2. The van der Waals surface area contributed by atoms with Crippen molar-refractivity contribution in [3.8, 4) is 5.69 Å². The van der Waals surface area contributed by atoms with Crippen LogP contribution in [0.4, 0.5) is 0 Å². The highest BCUT2D eigenvalue weighted by Crippen LogP contribution is 2.28. The smallest absolute Gasteiger partial charge is 0.254 e. The molecule has 0 saturated carbocycles. The number of piperidine rings is 1. The van der Waals surface area contributed by atoms with Crippen molar-refractivity contribution in [2.75, 3.05) is 20.1 Å². The van der Waals surface area contributed by atoms with Crippen LogP contribution < -0.4 is 0 Å². The first-order valence-electron chi connectivity index (χ1n) is 12.3. The predicted octanol–water partition coefficient (Wildman–Crippen LogP) is 5.17. The maximum atomic E-state index is 13.2. The third-order valence-corrected chi connectivity index (χ3v) is 7.84. The second-order valence-electron chi connectivity index (χ2n) is 9.33. The quantitative estimate of drug-likeness (QED) is 0.353. The van der Waals surface area contributed by atoms with E-state index >= 15 is 0 Å². The zero-order valence-corrected chi connectivity index (χ0v) is 21.2. The molecule has 5 rings (SSSR count). The van der Waals surface area contributed by atoms with E-state index in [2.05, 4.69) is 17.1 Å². The minimum atomic E-state index is 0.0629. The van der Waals surface area contributed by atoms with E-state index in [9.17, 15) is 9.59 Å². The summed E-state index contributed by atoms with van der Waals surface area (Å²) in [6, 6.07) is 20.0. The van der Waals surface area contributed by atoms with E-state index < -0.39 is 0 Å². The number of likely N-dealkylation sites (N-methyl/N-ethyl adjacent to an activating group) is 1. The molecule has 1 aliphatic heterocycles. The normalized spacial score (nSPS) is 15.0. The SMILES string of the molecule is CN(C(=O)c1ccsc1)C(Cc1ccccc1)C1CCN(C(=O)c2ccc(-n3ccnc3)cc2)CC1. The predicted molar refractivity (Wildman–Crippen MR) is 143 cm³/mol. The molecule has 6 nitrogen and oxygen atoms in total. The van der Waals surface area contributed by atoms with Crippen LogP contribution in [-0.4, -0.2) is 57.3 Å². The van der Waals surface area contributed by atoms with Crippen LogP contribution in [0.5, 0.6) is 0 Å². The molecule has 1 aliphatic rings. The zero-order chi connectivity index (χ0) is 24.9. The molecule has 0 spiro atoms. The summed E-state index contributed by atoms with van der Waals surface area (Å²) in [4.78, 5) is 34.4. The lowest BCUT2D eigenvalue weighted by atomic mass is 9.84. The molecule has 7 heteroatoms. The van der Waals surface area contributed by atoms with Gasteiger partial charge >= 0.3 is 0 Å². The molecule has 2 amide bonds. The number of hydrogen-bond acceptors (Lipinski definition) is 4. The molecule has 1 saturated heterocycles. The molecule has 0 radical (unpaired) electrons. The van der Waals surface area contributed by atoms with Gasteiger partial charge in [-0.2, -0.15) is 11.3 Å². The van der Waals surface area contributed by atoms with Gasteiger partial charge in [-0.05, 0) is 66.5 Å². The lowest BCUT2D eigenvalue weighted by Crippen LogP contribution is -2.48. The van der Waals surface area contributed by atoms with Crippen LogP contribution >= 0.6 is 11.3 Å². The van der Waals surface area contributed by atoms with E-state index in [0.717, 1.165) is 30.5 Å². The molecule has 2 aromatic carbocycles.